The van der Waals surface area contributed by atoms with Crippen LogP contribution in [0.5, 0.6) is 11.6 Å². The van der Waals surface area contributed by atoms with Crippen molar-refractivity contribution in [1.82, 2.24) is 20.3 Å². The summed E-state index contributed by atoms with van der Waals surface area (Å²) in [6.45, 7) is 5.35. The van der Waals surface area contributed by atoms with Crippen molar-refractivity contribution in [3.8, 4) is 11.6 Å². The van der Waals surface area contributed by atoms with E-state index < -0.39 is 15.7 Å². The summed E-state index contributed by atoms with van der Waals surface area (Å²) in [7, 11) is -3.50. The van der Waals surface area contributed by atoms with Crippen LogP contribution >= 0.6 is 0 Å². The van der Waals surface area contributed by atoms with E-state index in [0.717, 1.165) is 25.2 Å². The van der Waals surface area contributed by atoms with Gasteiger partial charge in [-0.3, -0.25) is 0 Å². The van der Waals surface area contributed by atoms with Crippen LogP contribution in [0, 0.1) is 5.82 Å². The molecule has 2 aromatic heterocycles. The Kier molecular flexibility index (Phi) is 7.34. The molecule has 9 nitrogen and oxygen atoms in total. The van der Waals surface area contributed by atoms with E-state index >= 15 is 0 Å². The number of hydrogen-bond donors (Lipinski definition) is 0. The zero-order chi connectivity index (χ0) is 25.0. The average molecular weight is 501 g/mol. The molecule has 0 atom stereocenters. The van der Waals surface area contributed by atoms with Gasteiger partial charge in [-0.1, -0.05) is 0 Å². The largest absolute Gasteiger partial charge is 0.489 e. The van der Waals surface area contributed by atoms with E-state index in [1.807, 2.05) is 26.0 Å². The van der Waals surface area contributed by atoms with Gasteiger partial charge in [0.15, 0.2) is 15.7 Å². The Morgan fingerprint density at radius 2 is 1.86 bits per heavy atom. The second-order valence-corrected chi connectivity index (χ2v) is 10.6. The minimum absolute atomic E-state index is 0.00599. The van der Waals surface area contributed by atoms with Crippen molar-refractivity contribution in [3.05, 3.63) is 54.7 Å². The van der Waals surface area contributed by atoms with E-state index in [9.17, 15) is 12.8 Å². The summed E-state index contributed by atoms with van der Waals surface area (Å²) in [6.07, 6.45) is 5.75. The second kappa shape index (κ2) is 10.4. The van der Waals surface area contributed by atoms with Crippen molar-refractivity contribution >= 4 is 27.2 Å². The summed E-state index contributed by atoms with van der Waals surface area (Å²) in [5.74, 6) is 1.50. The molecule has 0 N–H and O–H groups in total. The fraction of sp³-hybridized carbons (Fsp3) is 0.375. The average Bonchev–Trinajstić information content (AvgIpc) is 2.81. The molecule has 1 aliphatic heterocycles. The third-order valence-electron chi connectivity index (χ3n) is 5.35. The number of anilines is 1. The maximum atomic E-state index is 14.4. The summed E-state index contributed by atoms with van der Waals surface area (Å²) in [4.78, 5) is 14.8. The zero-order valence-electron chi connectivity index (χ0n) is 19.8. The van der Waals surface area contributed by atoms with Crippen molar-refractivity contribution in [2.45, 2.75) is 43.8 Å². The second-order valence-electron chi connectivity index (χ2n) is 8.53. The minimum Gasteiger partial charge on any atom is -0.489 e. The van der Waals surface area contributed by atoms with Crippen LogP contribution in [0.25, 0.3) is 0 Å². The number of aromatic nitrogens is 3. The van der Waals surface area contributed by atoms with Gasteiger partial charge in [0, 0.05) is 44.3 Å². The predicted molar refractivity (Wildman–Crippen MR) is 129 cm³/mol. The summed E-state index contributed by atoms with van der Waals surface area (Å²) in [5.41, 5.74) is 0.00599. The van der Waals surface area contributed by atoms with E-state index in [1.165, 1.54) is 18.5 Å². The Balaban J connectivity index is 1.34. The Morgan fingerprint density at radius 1 is 1.09 bits per heavy atom. The number of piperidine rings is 1. The van der Waals surface area contributed by atoms with Crippen LogP contribution in [0.1, 0.15) is 26.7 Å². The van der Waals surface area contributed by atoms with Crippen LogP contribution in [0.2, 0.25) is 0 Å². The predicted octanol–water partition coefficient (Wildman–Crippen LogP) is 3.82. The van der Waals surface area contributed by atoms with E-state index in [0.29, 0.717) is 30.5 Å². The molecule has 3 aromatic rings. The van der Waals surface area contributed by atoms with Gasteiger partial charge in [-0.05, 0) is 38.1 Å². The number of sulfone groups is 1. The number of pyridine rings is 1. The van der Waals surface area contributed by atoms with Gasteiger partial charge in [-0.15, -0.1) is 0 Å². The molecule has 0 spiro atoms. The van der Waals surface area contributed by atoms with Gasteiger partial charge < -0.3 is 14.4 Å². The smallest absolute Gasteiger partial charge is 0.213 e. The number of benzene rings is 1. The third-order valence-corrected chi connectivity index (χ3v) is 6.47. The summed E-state index contributed by atoms with van der Waals surface area (Å²) < 4.78 is 49.2. The van der Waals surface area contributed by atoms with Gasteiger partial charge in [0.25, 0.3) is 0 Å². The quantitative estimate of drug-likeness (QED) is 0.459. The first-order chi connectivity index (χ1) is 16.7. The number of ether oxygens (including phenoxy) is 2. The van der Waals surface area contributed by atoms with Gasteiger partial charge in [0.1, 0.15) is 35.5 Å². The van der Waals surface area contributed by atoms with Crippen molar-refractivity contribution in [3.63, 3.8) is 0 Å². The Bertz CT molecular complexity index is 1260. The molecule has 1 aliphatic rings. The van der Waals surface area contributed by atoms with Gasteiger partial charge in [0.2, 0.25) is 5.88 Å². The fourth-order valence-electron chi connectivity index (χ4n) is 3.66. The highest BCUT2D eigenvalue weighted by molar-refractivity contribution is 7.90. The fourth-order valence-corrected chi connectivity index (χ4v) is 4.29. The Labute approximate surface area is 204 Å². The summed E-state index contributed by atoms with van der Waals surface area (Å²) in [5, 5.41) is 4.22. The number of halogens is 1. The van der Waals surface area contributed by atoms with Crippen LogP contribution in [0.4, 0.5) is 21.7 Å². The van der Waals surface area contributed by atoms with E-state index in [1.54, 1.807) is 12.3 Å². The van der Waals surface area contributed by atoms with Crippen LogP contribution in [0.15, 0.2) is 53.8 Å². The summed E-state index contributed by atoms with van der Waals surface area (Å²) in [6, 6.07) is 8.95. The first kappa shape index (κ1) is 24.6. The van der Waals surface area contributed by atoms with Crippen LogP contribution in [-0.2, 0) is 9.84 Å². The Hall–Kier alpha value is -3.47. The van der Waals surface area contributed by atoms with Crippen molar-refractivity contribution < 1.29 is 22.3 Å². The molecule has 1 fully saturated rings. The Morgan fingerprint density at radius 3 is 2.49 bits per heavy atom. The highest BCUT2D eigenvalue weighted by Gasteiger charge is 2.22. The lowest BCUT2D eigenvalue weighted by Gasteiger charge is -2.32. The van der Waals surface area contributed by atoms with Crippen LogP contribution in [-0.4, -0.2) is 54.9 Å². The van der Waals surface area contributed by atoms with Crippen LogP contribution < -0.4 is 19.7 Å². The molecule has 0 saturated carbocycles. The molecule has 1 radical (unpaired) electrons. The zero-order valence-corrected chi connectivity index (χ0v) is 20.6. The topological polar surface area (TPSA) is 109 Å². The number of nitrogens with zero attached hydrogens (tertiary/aromatic N) is 5. The summed E-state index contributed by atoms with van der Waals surface area (Å²) >= 11 is 0. The normalized spacial score (nSPS) is 14.7. The lowest BCUT2D eigenvalue weighted by molar-refractivity contribution is 0.163. The molecule has 0 bridgehead atoms. The van der Waals surface area contributed by atoms with Gasteiger partial charge in [0.05, 0.1) is 17.2 Å². The third kappa shape index (κ3) is 6.56. The maximum Gasteiger partial charge on any atom is 0.213 e. The molecule has 11 heteroatoms. The van der Waals surface area contributed by atoms with E-state index in [4.69, 9.17) is 9.47 Å². The highest BCUT2D eigenvalue weighted by Crippen LogP contribution is 2.26. The monoisotopic (exact) mass is 500 g/mol. The molecule has 4 rings (SSSR count). The molecule has 35 heavy (non-hydrogen) atoms. The molecule has 3 heterocycles. The van der Waals surface area contributed by atoms with E-state index in [2.05, 4.69) is 25.2 Å². The van der Waals surface area contributed by atoms with Crippen LogP contribution in [0.3, 0.4) is 0 Å². The molecule has 1 aromatic carbocycles. The highest BCUT2D eigenvalue weighted by atomic mass is 32.2. The van der Waals surface area contributed by atoms with E-state index in [-0.39, 0.29) is 28.6 Å². The molecular formula is C24H27FN5O4S. The first-order valence-corrected chi connectivity index (χ1v) is 13.1. The standard InChI is InChI=1S/C24H27FN5O4S/c1-16(2)33-18-4-7-24(26-14-18)34-17-8-10-30(11-9-17)23-13-22(27-15-28-23)29-21-6-5-19(12-20(21)25)35(3,31)32/h4-7,12-17H,8-11H2,1-3H3. The molecule has 1 saturated heterocycles. The van der Waals surface area contributed by atoms with Crippen molar-refractivity contribution in [2.24, 2.45) is 0 Å². The van der Waals surface area contributed by atoms with Crippen molar-refractivity contribution in [2.75, 3.05) is 24.2 Å². The van der Waals surface area contributed by atoms with Gasteiger partial charge >= 0.3 is 0 Å². The molecule has 0 unspecified atom stereocenters. The first-order valence-electron chi connectivity index (χ1n) is 11.2. The van der Waals surface area contributed by atoms with Crippen molar-refractivity contribution in [1.29, 1.82) is 0 Å². The minimum atomic E-state index is -3.50. The van der Waals surface area contributed by atoms with Gasteiger partial charge in [-0.2, -0.15) is 0 Å². The SMILES string of the molecule is CC(C)Oc1ccc(OC2CCN(c3cc([N]c4ccc(S(C)(=O)=O)cc4F)ncn3)CC2)nc1. The molecular weight excluding hydrogens is 473 g/mol. The lowest BCUT2D eigenvalue weighted by atomic mass is 10.1. The maximum absolute atomic E-state index is 14.4. The molecule has 185 valence electrons. The van der Waals surface area contributed by atoms with Gasteiger partial charge in [-0.25, -0.2) is 33.1 Å². The number of rotatable bonds is 8. The molecule has 0 amide bonds. The number of hydrogen-bond acceptors (Lipinski definition) is 8. The molecule has 0 aliphatic carbocycles. The lowest BCUT2D eigenvalue weighted by Crippen LogP contribution is -2.38.